The SMILES string of the molecule is C[C@]12C=CC(=O)C=C1[C@@H](F)C[C@H]1[C@@H]3C[C@H]4CN(c5ccc(Cc6cccc(NC(=O)OCc7ccc(O[C@@H]8O[C@H](C(=O)O)[C@@H](O)[C@H](O)[C@H]8O)c(NC(=O)CCNC(=O)CBr)c7)c6)cc5)C[C@@]4(C(=O)CO)[C@@]3(C)C[C@H](O)[C@@]12F. The number of halogens is 3. The number of ether oxygens (including phenoxy) is 3. The number of alkyl halides is 3. The van der Waals surface area contributed by atoms with E-state index in [2.05, 4.69) is 36.8 Å². The number of nitrogens with zero attached hydrogens (tertiary/aromatic N) is 1. The van der Waals surface area contributed by atoms with Gasteiger partial charge < -0.3 is 60.4 Å². The highest BCUT2D eigenvalue weighted by molar-refractivity contribution is 9.09. The molecule has 77 heavy (non-hydrogen) atoms. The lowest BCUT2D eigenvalue weighted by atomic mass is 9.43. The van der Waals surface area contributed by atoms with Crippen molar-refractivity contribution < 1.29 is 82.4 Å². The predicted octanol–water partition coefficient (Wildman–Crippen LogP) is 4.05. The lowest BCUT2D eigenvalue weighted by Crippen LogP contribution is -2.69. The number of amides is 3. The van der Waals surface area contributed by atoms with E-state index in [1.807, 2.05) is 37.3 Å². The molecule has 9 rings (SSSR count). The Morgan fingerprint density at radius 1 is 0.896 bits per heavy atom. The third-order valence-corrected chi connectivity index (χ3v) is 17.7. The number of hydrogen-bond donors (Lipinski definition) is 9. The first-order valence-corrected chi connectivity index (χ1v) is 26.5. The summed E-state index contributed by atoms with van der Waals surface area (Å²) in [6.07, 6.45) is -9.41. The summed E-state index contributed by atoms with van der Waals surface area (Å²) in [5.41, 5.74) is -2.59. The van der Waals surface area contributed by atoms with E-state index < -0.39 is 107 Å². The number of nitrogens with one attached hydrogen (secondary N) is 3. The summed E-state index contributed by atoms with van der Waals surface area (Å²) in [6, 6.07) is 19.0. The van der Waals surface area contributed by atoms with Crippen molar-refractivity contribution >= 4 is 68.4 Å². The Hall–Kier alpha value is -6.14. The highest BCUT2D eigenvalue weighted by Gasteiger charge is 2.78. The number of aliphatic carboxylic acids is 1. The Balaban J connectivity index is 0.837. The van der Waals surface area contributed by atoms with Gasteiger partial charge >= 0.3 is 12.1 Å². The lowest BCUT2D eigenvalue weighted by Gasteiger charge is -2.63. The first kappa shape index (κ1) is 55.6. The molecule has 2 aliphatic heterocycles. The van der Waals surface area contributed by atoms with E-state index in [0.717, 1.165) is 22.9 Å². The summed E-state index contributed by atoms with van der Waals surface area (Å²) in [7, 11) is 0. The number of carbonyl (C=O) groups excluding carboxylic acids is 5. The fourth-order valence-electron chi connectivity index (χ4n) is 13.5. The summed E-state index contributed by atoms with van der Waals surface area (Å²) >= 11 is 3.02. The molecule has 2 heterocycles. The smallest absolute Gasteiger partial charge is 0.411 e. The van der Waals surface area contributed by atoms with Crippen LogP contribution in [0, 0.1) is 34.0 Å². The molecule has 0 spiro atoms. The van der Waals surface area contributed by atoms with Crippen molar-refractivity contribution in [1.29, 1.82) is 0 Å². The number of fused-ring (bicyclic) bond motifs is 7. The zero-order valence-corrected chi connectivity index (χ0v) is 43.7. The van der Waals surface area contributed by atoms with Gasteiger partial charge in [0, 0.05) is 48.8 Å². The van der Waals surface area contributed by atoms with Gasteiger partial charge in [0.1, 0.15) is 43.4 Å². The van der Waals surface area contributed by atoms with E-state index >= 15 is 8.78 Å². The van der Waals surface area contributed by atoms with Crippen molar-refractivity contribution in [3.05, 3.63) is 107 Å². The number of carbonyl (C=O) groups is 6. The Kier molecular flexibility index (Phi) is 15.6. The van der Waals surface area contributed by atoms with E-state index in [0.29, 0.717) is 30.6 Å². The van der Waals surface area contributed by atoms with Crippen LogP contribution < -0.4 is 25.6 Å². The first-order chi connectivity index (χ1) is 36.6. The number of aliphatic hydroxyl groups excluding tert-OH is 5. The fourth-order valence-corrected chi connectivity index (χ4v) is 13.7. The lowest BCUT2D eigenvalue weighted by molar-refractivity contribution is -0.271. The highest BCUT2D eigenvalue weighted by Crippen LogP contribution is 2.74. The van der Waals surface area contributed by atoms with Crippen LogP contribution in [0.1, 0.15) is 56.2 Å². The number of benzene rings is 3. The zero-order chi connectivity index (χ0) is 55.4. The summed E-state index contributed by atoms with van der Waals surface area (Å²) in [4.78, 5) is 78.0. The minimum absolute atomic E-state index is 0.0200. The van der Waals surface area contributed by atoms with Gasteiger partial charge in [-0.25, -0.2) is 18.4 Å². The van der Waals surface area contributed by atoms with Crippen LogP contribution in [-0.2, 0) is 46.5 Å². The van der Waals surface area contributed by atoms with Gasteiger partial charge in [-0.2, -0.15) is 0 Å². The standard InChI is InChI=1S/C55H61BrF2N4O15/c1-52-14-12-34(64)20-37(52)38(57)21-36-35-19-31-24-62(27-54(31,42(66)25-63)53(35,2)22-41(65)55(36,52)58)33-9-6-28(7-10-33)16-29-4-3-5-32(17-29)60-51(74)75-26-30-8-11-40(39(18-30)61-43(67)13-15-59-44(68)23-56)76-50-47(71)45(69)46(70)48(77-50)49(72)73/h3-12,14,17-18,20,31,35-36,38,41,45-48,50,63,65,69-71H,13,15-16,19,21-27H2,1-2H3,(H,59,68)(H,60,74)(H,61,67)(H,72,73)/t31-,35-,36-,38-,41-,45-,46-,47+,48-,50+,52-,53-,54+,55-/m0/s1. The molecule has 5 fully saturated rings. The normalized spacial score (nSPS) is 33.9. The van der Waals surface area contributed by atoms with E-state index in [-0.39, 0.29) is 78.9 Å². The second-order valence-electron chi connectivity index (χ2n) is 21.4. The number of rotatable bonds is 16. The molecule has 14 atom stereocenters. The van der Waals surface area contributed by atoms with Crippen LogP contribution in [0.25, 0.3) is 0 Å². The molecule has 3 amide bonds. The average molecular weight is 1140 g/mol. The molecule has 412 valence electrons. The van der Waals surface area contributed by atoms with Crippen LogP contribution in [0.5, 0.6) is 5.75 Å². The molecule has 9 N–H and O–H groups in total. The third kappa shape index (κ3) is 9.94. The van der Waals surface area contributed by atoms with Crippen molar-refractivity contribution in [2.45, 2.75) is 101 Å². The number of carboxylic acids is 1. The summed E-state index contributed by atoms with van der Waals surface area (Å²) in [5.74, 6) is -5.26. The zero-order valence-electron chi connectivity index (χ0n) is 42.1. The molecule has 0 unspecified atom stereocenters. The molecule has 3 aromatic rings. The first-order valence-electron chi connectivity index (χ1n) is 25.4. The molecule has 0 bridgehead atoms. The van der Waals surface area contributed by atoms with Gasteiger partial charge in [0.25, 0.3) is 0 Å². The van der Waals surface area contributed by atoms with Gasteiger partial charge in [0.05, 0.1) is 22.5 Å². The number of ketones is 2. The minimum Gasteiger partial charge on any atom is -0.479 e. The van der Waals surface area contributed by atoms with Gasteiger partial charge in [-0.15, -0.1) is 0 Å². The van der Waals surface area contributed by atoms with E-state index in [1.165, 1.54) is 30.4 Å². The molecule has 0 radical (unpaired) electrons. The molecule has 3 aromatic carbocycles. The molecule has 22 heteroatoms. The molecule has 6 aliphatic rings. The fraction of sp³-hybridized carbons (Fsp3) is 0.491. The highest BCUT2D eigenvalue weighted by atomic mass is 79.9. The predicted molar refractivity (Wildman–Crippen MR) is 275 cm³/mol. The maximum Gasteiger partial charge on any atom is 0.411 e. The van der Waals surface area contributed by atoms with Crippen molar-refractivity contribution in [2.24, 2.45) is 34.0 Å². The second-order valence-corrected chi connectivity index (χ2v) is 22.0. The largest absolute Gasteiger partial charge is 0.479 e. The number of carboxylic acid groups (broad SMARTS) is 1. The third-order valence-electron chi connectivity index (χ3n) is 17.2. The van der Waals surface area contributed by atoms with Crippen molar-refractivity contribution in [1.82, 2.24) is 5.32 Å². The van der Waals surface area contributed by atoms with Gasteiger partial charge in [-0.1, -0.05) is 59.3 Å². The Bertz CT molecular complexity index is 2890. The van der Waals surface area contributed by atoms with Gasteiger partial charge in [0.15, 0.2) is 23.3 Å². The van der Waals surface area contributed by atoms with Crippen LogP contribution in [0.2, 0.25) is 0 Å². The maximum atomic E-state index is 17.9. The van der Waals surface area contributed by atoms with Crippen molar-refractivity contribution in [2.75, 3.05) is 47.1 Å². The maximum absolute atomic E-state index is 17.9. The quantitative estimate of drug-likeness (QED) is 0.0915. The van der Waals surface area contributed by atoms with E-state index in [1.54, 1.807) is 25.1 Å². The monoisotopic (exact) mass is 1130 g/mol. The van der Waals surface area contributed by atoms with Crippen molar-refractivity contribution in [3.63, 3.8) is 0 Å². The van der Waals surface area contributed by atoms with Crippen LogP contribution in [-0.4, -0.2) is 146 Å². The summed E-state index contributed by atoms with van der Waals surface area (Å²) < 4.78 is 50.4. The van der Waals surface area contributed by atoms with E-state index in [4.69, 9.17) is 14.2 Å². The van der Waals surface area contributed by atoms with Gasteiger partial charge in [0.2, 0.25) is 18.1 Å². The molecular weight excluding hydrogens is 1070 g/mol. The average Bonchev–Trinajstić information content (AvgIpc) is 4.06. The Morgan fingerprint density at radius 3 is 2.35 bits per heavy atom. The van der Waals surface area contributed by atoms with E-state index in [9.17, 15) is 59.4 Å². The summed E-state index contributed by atoms with van der Waals surface area (Å²) in [5, 5.41) is 70.7. The van der Waals surface area contributed by atoms with Gasteiger partial charge in [-0.05, 0) is 121 Å². The number of anilines is 3. The minimum atomic E-state index is -2.28. The van der Waals surface area contributed by atoms with Crippen LogP contribution in [0.4, 0.5) is 30.6 Å². The number of allylic oxidation sites excluding steroid dienone is 4. The molecule has 4 aliphatic carbocycles. The van der Waals surface area contributed by atoms with Crippen LogP contribution >= 0.6 is 15.9 Å². The number of Topliss-reactive ketones (excluding diaryl/α,β-unsaturated/α-hetero) is 1. The molecule has 0 aromatic heterocycles. The van der Waals surface area contributed by atoms with Gasteiger partial charge in [-0.3, -0.25) is 24.5 Å². The molecular formula is C55H61BrF2N4O15. The Labute approximate surface area is 449 Å². The van der Waals surface area contributed by atoms with Crippen LogP contribution in [0.15, 0.2) is 90.5 Å². The second kappa shape index (κ2) is 21.6. The Morgan fingerprint density at radius 2 is 1.64 bits per heavy atom. The number of hydrogen-bond acceptors (Lipinski definition) is 15. The molecule has 19 nitrogen and oxygen atoms in total. The number of aliphatic hydroxyl groups is 5. The molecule has 3 saturated carbocycles. The summed E-state index contributed by atoms with van der Waals surface area (Å²) in [6.45, 7) is 3.01. The van der Waals surface area contributed by atoms with Crippen LogP contribution in [0.3, 0.4) is 0 Å². The molecule has 2 saturated heterocycles. The van der Waals surface area contributed by atoms with Crippen molar-refractivity contribution in [3.8, 4) is 5.75 Å². The topological polar surface area (TPSA) is 291 Å².